The zero-order chi connectivity index (χ0) is 15.0. The Hall–Kier alpha value is -2.43. The van der Waals surface area contributed by atoms with Crippen LogP contribution in [0.5, 0.6) is 0 Å². The van der Waals surface area contributed by atoms with E-state index in [1.54, 1.807) is 7.05 Å². The molecule has 3 rings (SSSR count). The van der Waals surface area contributed by atoms with Gasteiger partial charge in [-0.15, -0.1) is 0 Å². The van der Waals surface area contributed by atoms with E-state index in [0.717, 1.165) is 11.4 Å². The predicted molar refractivity (Wildman–Crippen MR) is 84.7 cm³/mol. The Morgan fingerprint density at radius 2 is 1.95 bits per heavy atom. The first-order chi connectivity index (χ1) is 10.0. The van der Waals surface area contributed by atoms with Gasteiger partial charge in [-0.25, -0.2) is 4.79 Å². The Morgan fingerprint density at radius 3 is 2.67 bits per heavy atom. The fourth-order valence-electron chi connectivity index (χ4n) is 2.74. The molecule has 0 bridgehead atoms. The molecule has 5 nitrogen and oxygen atoms in total. The molecule has 0 radical (unpaired) electrons. The van der Waals surface area contributed by atoms with Gasteiger partial charge in [-0.1, -0.05) is 18.2 Å². The lowest BCUT2D eigenvalue weighted by atomic mass is 9.98. The number of benzene rings is 2. The van der Waals surface area contributed by atoms with Crippen molar-refractivity contribution in [2.75, 3.05) is 24.3 Å². The van der Waals surface area contributed by atoms with Gasteiger partial charge in [0.25, 0.3) is 0 Å². The van der Waals surface area contributed by atoms with Crippen LogP contribution in [0.15, 0.2) is 30.3 Å². The molecular weight excluding hydrogens is 266 g/mol. The van der Waals surface area contributed by atoms with Gasteiger partial charge in [-0.3, -0.25) is 0 Å². The first-order valence-corrected chi connectivity index (χ1v) is 6.96. The first-order valence-electron chi connectivity index (χ1n) is 6.96. The van der Waals surface area contributed by atoms with Crippen molar-refractivity contribution in [1.29, 1.82) is 0 Å². The highest BCUT2D eigenvalue weighted by atomic mass is 16.5. The largest absolute Gasteiger partial charge is 0.445 e. The molecular formula is C16H19N3O2. The third-order valence-electron chi connectivity index (χ3n) is 3.78. The summed E-state index contributed by atoms with van der Waals surface area (Å²) in [5, 5.41) is 11.7. The van der Waals surface area contributed by atoms with Crippen LogP contribution in [0.2, 0.25) is 0 Å². The van der Waals surface area contributed by atoms with Gasteiger partial charge in [0.05, 0.1) is 0 Å². The van der Waals surface area contributed by atoms with E-state index < -0.39 is 11.8 Å². The molecule has 0 aromatic heterocycles. The highest BCUT2D eigenvalue weighted by Gasteiger charge is 2.31. The van der Waals surface area contributed by atoms with Crippen molar-refractivity contribution in [3.05, 3.63) is 35.9 Å². The van der Waals surface area contributed by atoms with Crippen LogP contribution in [0.1, 0.15) is 12.5 Å². The number of hydrogen-bond donors (Lipinski definition) is 3. The normalized spacial score (nSPS) is 19.6. The maximum atomic E-state index is 11.3. The molecule has 0 aliphatic carbocycles. The van der Waals surface area contributed by atoms with E-state index in [-0.39, 0.29) is 6.61 Å². The van der Waals surface area contributed by atoms with Gasteiger partial charge in [0.15, 0.2) is 0 Å². The minimum Gasteiger partial charge on any atom is -0.445 e. The maximum Gasteiger partial charge on any atom is 0.407 e. The number of carbonyl (C=O) groups is 1. The van der Waals surface area contributed by atoms with Crippen molar-refractivity contribution >= 4 is 28.2 Å². The maximum absolute atomic E-state index is 11.3. The van der Waals surface area contributed by atoms with Gasteiger partial charge in [0, 0.05) is 23.8 Å². The number of hydrogen-bond acceptors (Lipinski definition) is 4. The second-order valence-electron chi connectivity index (χ2n) is 5.57. The Bertz CT molecular complexity index is 700. The van der Waals surface area contributed by atoms with Crippen LogP contribution >= 0.6 is 0 Å². The summed E-state index contributed by atoms with van der Waals surface area (Å²) in [6.45, 7) is 4.29. The second kappa shape index (κ2) is 4.84. The van der Waals surface area contributed by atoms with Gasteiger partial charge < -0.3 is 20.7 Å². The molecule has 0 spiro atoms. The molecule has 1 heterocycles. The van der Waals surface area contributed by atoms with E-state index in [4.69, 9.17) is 4.74 Å². The van der Waals surface area contributed by atoms with Crippen LogP contribution in [0, 0.1) is 6.92 Å². The number of nitrogens with one attached hydrogen (secondary N) is 3. The molecule has 2 aromatic rings. The number of rotatable bonds is 2. The lowest BCUT2D eigenvalue weighted by Gasteiger charge is -2.38. The van der Waals surface area contributed by atoms with E-state index >= 15 is 0 Å². The first kappa shape index (κ1) is 13.5. The van der Waals surface area contributed by atoms with Crippen molar-refractivity contribution in [1.82, 2.24) is 5.32 Å². The monoisotopic (exact) mass is 285 g/mol. The standard InChI is InChI=1S/C16H19N3O2/c1-10-7-8-13-14-11(10)5-4-6-12(14)18-16(2,19-13)9-21-15(20)17-3/h4-8,18-19H,9H2,1-3H3,(H,17,20). The summed E-state index contributed by atoms with van der Waals surface area (Å²) in [4.78, 5) is 11.3. The quantitative estimate of drug-likeness (QED) is 0.793. The van der Waals surface area contributed by atoms with Crippen LogP contribution < -0.4 is 16.0 Å². The van der Waals surface area contributed by atoms with Crippen LogP contribution in [0.4, 0.5) is 16.2 Å². The molecule has 1 unspecified atom stereocenters. The number of carbonyl (C=O) groups excluding carboxylic acids is 1. The zero-order valence-corrected chi connectivity index (χ0v) is 12.4. The van der Waals surface area contributed by atoms with Gasteiger partial charge in [0.1, 0.15) is 12.3 Å². The molecule has 1 amide bonds. The summed E-state index contributed by atoms with van der Waals surface area (Å²) in [6, 6.07) is 10.4. The summed E-state index contributed by atoms with van der Waals surface area (Å²) in [7, 11) is 1.55. The van der Waals surface area contributed by atoms with Crippen molar-refractivity contribution in [2.24, 2.45) is 0 Å². The molecule has 2 aromatic carbocycles. The van der Waals surface area contributed by atoms with E-state index in [9.17, 15) is 4.79 Å². The predicted octanol–water partition coefficient (Wildman–Crippen LogP) is 3.06. The fourth-order valence-corrected chi connectivity index (χ4v) is 2.74. The minimum atomic E-state index is -0.539. The lowest BCUT2D eigenvalue weighted by molar-refractivity contribution is 0.132. The van der Waals surface area contributed by atoms with Crippen molar-refractivity contribution in [2.45, 2.75) is 19.5 Å². The molecule has 0 saturated heterocycles. The number of amides is 1. The number of aryl methyl sites for hydroxylation is 1. The molecule has 0 fully saturated rings. The molecule has 110 valence electrons. The van der Waals surface area contributed by atoms with Gasteiger partial charge >= 0.3 is 6.09 Å². The topological polar surface area (TPSA) is 62.4 Å². The van der Waals surface area contributed by atoms with E-state index in [2.05, 4.69) is 41.1 Å². The molecule has 1 aliphatic heterocycles. The SMILES string of the molecule is CNC(=O)OCC1(C)Nc2cccc3c(C)ccc(c23)N1. The molecule has 1 atom stereocenters. The molecule has 3 N–H and O–H groups in total. The Balaban J connectivity index is 1.96. The highest BCUT2D eigenvalue weighted by Crippen LogP contribution is 2.38. The van der Waals surface area contributed by atoms with Gasteiger partial charge in [0.2, 0.25) is 0 Å². The van der Waals surface area contributed by atoms with Gasteiger partial charge in [-0.2, -0.15) is 0 Å². The third-order valence-corrected chi connectivity index (χ3v) is 3.78. The molecule has 1 aliphatic rings. The van der Waals surface area contributed by atoms with E-state index in [0.29, 0.717) is 0 Å². The van der Waals surface area contributed by atoms with Crippen molar-refractivity contribution in [3.63, 3.8) is 0 Å². The summed E-state index contributed by atoms with van der Waals surface area (Å²) in [5.74, 6) is 0. The molecule has 5 heteroatoms. The van der Waals surface area contributed by atoms with Crippen LogP contribution in [0.25, 0.3) is 10.8 Å². The Labute approximate surface area is 123 Å². The average Bonchev–Trinajstić information content (AvgIpc) is 2.48. The average molecular weight is 285 g/mol. The number of ether oxygens (including phenoxy) is 1. The Morgan fingerprint density at radius 1 is 1.24 bits per heavy atom. The van der Waals surface area contributed by atoms with Crippen molar-refractivity contribution in [3.8, 4) is 0 Å². The van der Waals surface area contributed by atoms with Gasteiger partial charge in [-0.05, 0) is 36.9 Å². The van der Waals surface area contributed by atoms with Crippen LogP contribution in [0.3, 0.4) is 0 Å². The number of alkyl carbamates (subject to hydrolysis) is 1. The summed E-state index contributed by atoms with van der Waals surface area (Å²) in [5.41, 5.74) is 2.80. The van der Waals surface area contributed by atoms with Crippen LogP contribution in [-0.4, -0.2) is 25.4 Å². The highest BCUT2D eigenvalue weighted by molar-refractivity contribution is 6.06. The fraction of sp³-hybridized carbons (Fsp3) is 0.312. The van der Waals surface area contributed by atoms with E-state index in [1.807, 2.05) is 19.1 Å². The minimum absolute atomic E-state index is 0.219. The smallest absolute Gasteiger partial charge is 0.407 e. The molecule has 21 heavy (non-hydrogen) atoms. The summed E-state index contributed by atoms with van der Waals surface area (Å²) in [6.07, 6.45) is -0.437. The third kappa shape index (κ3) is 2.35. The number of anilines is 2. The summed E-state index contributed by atoms with van der Waals surface area (Å²) >= 11 is 0. The molecule has 0 saturated carbocycles. The summed E-state index contributed by atoms with van der Waals surface area (Å²) < 4.78 is 5.19. The van der Waals surface area contributed by atoms with E-state index in [1.165, 1.54) is 16.3 Å². The zero-order valence-electron chi connectivity index (χ0n) is 12.4. The lowest BCUT2D eigenvalue weighted by Crippen LogP contribution is -2.50. The second-order valence-corrected chi connectivity index (χ2v) is 5.57. The van der Waals surface area contributed by atoms with Crippen molar-refractivity contribution < 1.29 is 9.53 Å². The van der Waals surface area contributed by atoms with Crippen LogP contribution in [-0.2, 0) is 4.74 Å². The Kier molecular flexibility index (Phi) is 3.12.